The van der Waals surface area contributed by atoms with Crippen LogP contribution < -0.4 is 0 Å². The molecule has 0 saturated heterocycles. The zero-order valence-corrected chi connectivity index (χ0v) is 5.67. The van der Waals surface area contributed by atoms with Gasteiger partial charge in [0.2, 0.25) is 0 Å². The Bertz CT molecular complexity index is 131. The predicted molar refractivity (Wildman–Crippen MR) is 35.2 cm³/mol. The molecule has 2 atom stereocenters. The summed E-state index contributed by atoms with van der Waals surface area (Å²) >= 11 is 5.49. The minimum absolute atomic E-state index is 0.423. The van der Waals surface area contributed by atoms with Crippen molar-refractivity contribution in [1.29, 1.82) is 0 Å². The molecule has 1 aliphatic carbocycles. The molecule has 0 aromatic rings. The van der Waals surface area contributed by atoms with Crippen molar-refractivity contribution in [2.24, 2.45) is 0 Å². The van der Waals surface area contributed by atoms with Crippen LogP contribution in [-0.4, -0.2) is 21.4 Å². The lowest BCUT2D eigenvalue weighted by atomic mass is 10.0. The van der Waals surface area contributed by atoms with E-state index in [0.29, 0.717) is 12.8 Å². The summed E-state index contributed by atoms with van der Waals surface area (Å²) in [7, 11) is 0. The van der Waals surface area contributed by atoms with Crippen molar-refractivity contribution in [3.05, 3.63) is 12.2 Å². The van der Waals surface area contributed by atoms with Crippen molar-refractivity contribution < 1.29 is 10.2 Å². The summed E-state index contributed by atoms with van der Waals surface area (Å²) < 4.78 is 0. The van der Waals surface area contributed by atoms with E-state index in [2.05, 4.69) is 0 Å². The van der Waals surface area contributed by atoms with Gasteiger partial charge >= 0.3 is 0 Å². The van der Waals surface area contributed by atoms with Gasteiger partial charge in [0.05, 0.1) is 6.10 Å². The lowest BCUT2D eigenvalue weighted by Gasteiger charge is -2.22. The second kappa shape index (κ2) is 2.29. The molecule has 3 heteroatoms. The van der Waals surface area contributed by atoms with Crippen LogP contribution in [0.5, 0.6) is 0 Å². The zero-order chi connectivity index (χ0) is 6.91. The molecule has 0 bridgehead atoms. The lowest BCUT2D eigenvalue weighted by molar-refractivity contribution is 0.119. The summed E-state index contributed by atoms with van der Waals surface area (Å²) in [5.74, 6) is 0. The molecule has 0 amide bonds. The van der Waals surface area contributed by atoms with Gasteiger partial charge in [-0.05, 0) is 18.9 Å². The van der Waals surface area contributed by atoms with Crippen molar-refractivity contribution in [2.45, 2.75) is 24.0 Å². The molecule has 0 aromatic carbocycles. The molecule has 0 aromatic heterocycles. The van der Waals surface area contributed by atoms with Gasteiger partial charge in [-0.3, -0.25) is 0 Å². The first kappa shape index (κ1) is 7.06. The van der Waals surface area contributed by atoms with Crippen LogP contribution in [-0.2, 0) is 0 Å². The lowest BCUT2D eigenvalue weighted by Crippen LogP contribution is -2.24. The molecule has 52 valence electrons. The second-order valence-electron chi connectivity index (χ2n) is 2.28. The van der Waals surface area contributed by atoms with Crippen LogP contribution in [0.3, 0.4) is 0 Å². The molecular weight excluding hydrogens is 140 g/mol. The minimum atomic E-state index is -1.21. The maximum absolute atomic E-state index is 9.06. The Balaban J connectivity index is 2.58. The van der Waals surface area contributed by atoms with Crippen LogP contribution in [0.4, 0.5) is 0 Å². The SMILES string of the molecule is OC1C=CC(O)(Cl)CC1. The third-order valence-corrected chi connectivity index (χ3v) is 1.68. The van der Waals surface area contributed by atoms with Gasteiger partial charge in [0, 0.05) is 0 Å². The summed E-state index contributed by atoms with van der Waals surface area (Å²) in [5, 5.41) is 16.7. The number of hydrogen-bond donors (Lipinski definition) is 2. The summed E-state index contributed by atoms with van der Waals surface area (Å²) in [5.41, 5.74) is 0. The number of rotatable bonds is 0. The molecule has 0 radical (unpaired) electrons. The Morgan fingerprint density at radius 3 is 2.67 bits per heavy atom. The largest absolute Gasteiger partial charge is 0.389 e. The van der Waals surface area contributed by atoms with Crippen molar-refractivity contribution >= 4 is 11.6 Å². The molecule has 2 unspecified atom stereocenters. The number of halogens is 1. The molecule has 0 aliphatic heterocycles. The molecule has 0 fully saturated rings. The molecule has 0 spiro atoms. The first-order chi connectivity index (χ1) is 4.10. The van der Waals surface area contributed by atoms with Crippen LogP contribution in [0, 0.1) is 0 Å². The van der Waals surface area contributed by atoms with E-state index in [4.69, 9.17) is 21.8 Å². The topological polar surface area (TPSA) is 40.5 Å². The highest BCUT2D eigenvalue weighted by Gasteiger charge is 2.24. The Morgan fingerprint density at radius 2 is 2.33 bits per heavy atom. The molecule has 1 rings (SSSR count). The van der Waals surface area contributed by atoms with Gasteiger partial charge in [0.15, 0.2) is 5.06 Å². The van der Waals surface area contributed by atoms with Gasteiger partial charge in [-0.25, -0.2) is 0 Å². The highest BCUT2D eigenvalue weighted by Crippen LogP contribution is 2.25. The summed E-state index contributed by atoms with van der Waals surface area (Å²) in [6, 6.07) is 0. The van der Waals surface area contributed by atoms with Crippen molar-refractivity contribution in [3.8, 4) is 0 Å². The molecule has 0 saturated carbocycles. The van der Waals surface area contributed by atoms with Crippen LogP contribution >= 0.6 is 11.6 Å². The standard InChI is InChI=1S/C6H9ClO2/c7-6(9)3-1-5(8)2-4-6/h1,3,5,8-9H,2,4H2. The maximum atomic E-state index is 9.06. The Kier molecular flexibility index (Phi) is 1.80. The fourth-order valence-corrected chi connectivity index (χ4v) is 0.970. The first-order valence-electron chi connectivity index (χ1n) is 2.89. The van der Waals surface area contributed by atoms with Crippen LogP contribution in [0.25, 0.3) is 0 Å². The monoisotopic (exact) mass is 148 g/mol. The summed E-state index contributed by atoms with van der Waals surface area (Å²) in [6.45, 7) is 0. The third kappa shape index (κ3) is 1.97. The number of hydrogen-bond acceptors (Lipinski definition) is 2. The molecule has 2 nitrogen and oxygen atoms in total. The van der Waals surface area contributed by atoms with Gasteiger partial charge < -0.3 is 10.2 Å². The summed E-state index contributed by atoms with van der Waals surface area (Å²) in [6.07, 6.45) is 3.46. The second-order valence-corrected chi connectivity index (χ2v) is 2.94. The average Bonchev–Trinajstić information content (AvgIpc) is 1.78. The van der Waals surface area contributed by atoms with E-state index in [9.17, 15) is 0 Å². The minimum Gasteiger partial charge on any atom is -0.389 e. The third-order valence-electron chi connectivity index (χ3n) is 1.36. The average molecular weight is 149 g/mol. The fraction of sp³-hybridized carbons (Fsp3) is 0.667. The molecular formula is C6H9ClO2. The Labute approximate surface area is 58.8 Å². The number of aliphatic hydroxyl groups is 2. The quantitative estimate of drug-likeness (QED) is 0.391. The van der Waals surface area contributed by atoms with Crippen LogP contribution in [0.1, 0.15) is 12.8 Å². The van der Waals surface area contributed by atoms with E-state index in [1.54, 1.807) is 0 Å². The van der Waals surface area contributed by atoms with Crippen LogP contribution in [0.2, 0.25) is 0 Å². The predicted octanol–water partition coefficient (Wildman–Crippen LogP) is 0.625. The van der Waals surface area contributed by atoms with Crippen molar-refractivity contribution in [1.82, 2.24) is 0 Å². The van der Waals surface area contributed by atoms with E-state index in [1.165, 1.54) is 12.2 Å². The molecule has 2 N–H and O–H groups in total. The Hall–Kier alpha value is -0.0500. The van der Waals surface area contributed by atoms with Crippen LogP contribution in [0.15, 0.2) is 12.2 Å². The number of aliphatic hydroxyl groups excluding tert-OH is 1. The van der Waals surface area contributed by atoms with Gasteiger partial charge in [-0.1, -0.05) is 17.7 Å². The van der Waals surface area contributed by atoms with Crippen molar-refractivity contribution in [3.63, 3.8) is 0 Å². The fourth-order valence-electron chi connectivity index (χ4n) is 0.788. The molecule has 1 aliphatic rings. The van der Waals surface area contributed by atoms with E-state index in [1.807, 2.05) is 0 Å². The zero-order valence-electron chi connectivity index (χ0n) is 4.92. The van der Waals surface area contributed by atoms with E-state index in [0.717, 1.165) is 0 Å². The first-order valence-corrected chi connectivity index (χ1v) is 3.27. The summed E-state index contributed by atoms with van der Waals surface area (Å²) in [4.78, 5) is 0. The van der Waals surface area contributed by atoms with E-state index in [-0.39, 0.29) is 0 Å². The number of alkyl halides is 1. The molecule has 9 heavy (non-hydrogen) atoms. The van der Waals surface area contributed by atoms with E-state index < -0.39 is 11.2 Å². The van der Waals surface area contributed by atoms with E-state index >= 15 is 0 Å². The Morgan fingerprint density at radius 1 is 1.67 bits per heavy atom. The normalized spacial score (nSPS) is 43.2. The van der Waals surface area contributed by atoms with Crippen molar-refractivity contribution in [2.75, 3.05) is 0 Å². The maximum Gasteiger partial charge on any atom is 0.157 e. The van der Waals surface area contributed by atoms with Gasteiger partial charge in [0.25, 0.3) is 0 Å². The van der Waals surface area contributed by atoms with Gasteiger partial charge in [0.1, 0.15) is 0 Å². The highest BCUT2D eigenvalue weighted by atomic mass is 35.5. The van der Waals surface area contributed by atoms with Gasteiger partial charge in [-0.15, -0.1) is 0 Å². The highest BCUT2D eigenvalue weighted by molar-refractivity contribution is 6.24. The molecule has 0 heterocycles. The van der Waals surface area contributed by atoms with Gasteiger partial charge in [-0.2, -0.15) is 0 Å². The smallest absolute Gasteiger partial charge is 0.157 e.